The Morgan fingerprint density at radius 1 is 1.38 bits per heavy atom. The van der Waals surface area contributed by atoms with Gasteiger partial charge < -0.3 is 4.74 Å². The number of rotatable bonds is 3. The van der Waals surface area contributed by atoms with Crippen LogP contribution < -0.4 is 0 Å². The molecule has 1 aromatic carbocycles. The third-order valence-electron chi connectivity index (χ3n) is 2.48. The molecule has 2 rings (SSSR count). The Bertz CT molecular complexity index is 397. The van der Waals surface area contributed by atoms with E-state index in [1.807, 2.05) is 36.4 Å². The first-order chi connectivity index (χ1) is 7.71. The zero-order chi connectivity index (χ0) is 11.4. The average molecular weight is 256 g/mol. The molecule has 1 aliphatic heterocycles. The van der Waals surface area contributed by atoms with Gasteiger partial charge in [0.25, 0.3) is 0 Å². The van der Waals surface area contributed by atoms with E-state index in [2.05, 4.69) is 0 Å². The van der Waals surface area contributed by atoms with Gasteiger partial charge in [0.05, 0.1) is 6.61 Å². The van der Waals surface area contributed by atoms with Crippen LogP contribution in [0.15, 0.2) is 36.1 Å². The standard InChI is InChI=1S/C12H13ClO2P/c13-12(8-4-9-15-12)16(14)10-7-11-5-2-1-3-6-11/h1-3,5-7,10H,4,8-9H2/q+1. The summed E-state index contributed by atoms with van der Waals surface area (Å²) in [5.74, 6) is 1.64. The molecule has 0 saturated carbocycles. The van der Waals surface area contributed by atoms with Crippen molar-refractivity contribution >= 4 is 25.5 Å². The molecule has 0 aliphatic carbocycles. The van der Waals surface area contributed by atoms with E-state index in [4.69, 9.17) is 16.3 Å². The van der Waals surface area contributed by atoms with E-state index in [1.54, 1.807) is 5.82 Å². The summed E-state index contributed by atoms with van der Waals surface area (Å²) in [5.41, 5.74) is 1.02. The molecule has 84 valence electrons. The fraction of sp³-hybridized carbons (Fsp3) is 0.333. The van der Waals surface area contributed by atoms with Gasteiger partial charge in [0.15, 0.2) is 5.82 Å². The molecule has 16 heavy (non-hydrogen) atoms. The molecule has 2 nitrogen and oxygen atoms in total. The van der Waals surface area contributed by atoms with Crippen molar-refractivity contribution in [2.45, 2.75) is 17.6 Å². The smallest absolute Gasteiger partial charge is 0.320 e. The van der Waals surface area contributed by atoms with Gasteiger partial charge in [0.1, 0.15) is 0 Å². The predicted octanol–water partition coefficient (Wildman–Crippen LogP) is 4.19. The lowest BCUT2D eigenvalue weighted by atomic mass is 10.2. The molecule has 1 fully saturated rings. The second kappa shape index (κ2) is 5.09. The van der Waals surface area contributed by atoms with Crippen LogP contribution >= 0.6 is 19.4 Å². The molecule has 0 aromatic heterocycles. The summed E-state index contributed by atoms with van der Waals surface area (Å²) in [4.78, 5) is -0.972. The van der Waals surface area contributed by atoms with Crippen molar-refractivity contribution in [1.29, 1.82) is 0 Å². The average Bonchev–Trinajstić information content (AvgIpc) is 2.76. The highest BCUT2D eigenvalue weighted by Gasteiger charge is 2.50. The van der Waals surface area contributed by atoms with Crippen LogP contribution in [0.1, 0.15) is 18.4 Å². The molecule has 1 heterocycles. The maximum Gasteiger partial charge on any atom is 0.421 e. The highest BCUT2D eigenvalue weighted by molar-refractivity contribution is 7.52. The normalized spacial score (nSPS) is 26.2. The minimum Gasteiger partial charge on any atom is -0.320 e. The molecule has 2 atom stereocenters. The largest absolute Gasteiger partial charge is 0.421 e. The summed E-state index contributed by atoms with van der Waals surface area (Å²) in [6.45, 7) is 0.601. The van der Waals surface area contributed by atoms with E-state index in [-0.39, 0.29) is 0 Å². The van der Waals surface area contributed by atoms with Crippen LogP contribution in [-0.4, -0.2) is 11.4 Å². The maximum absolute atomic E-state index is 11.9. The van der Waals surface area contributed by atoms with E-state index in [9.17, 15) is 4.57 Å². The molecule has 1 saturated heterocycles. The first-order valence-electron chi connectivity index (χ1n) is 5.23. The fourth-order valence-corrected chi connectivity index (χ4v) is 3.10. The molecule has 4 heteroatoms. The van der Waals surface area contributed by atoms with Crippen LogP contribution in [0, 0.1) is 0 Å². The number of benzene rings is 1. The van der Waals surface area contributed by atoms with Crippen molar-refractivity contribution in [2.24, 2.45) is 0 Å². The van der Waals surface area contributed by atoms with E-state index < -0.39 is 12.6 Å². The minimum absolute atomic E-state index is 0.601. The summed E-state index contributed by atoms with van der Waals surface area (Å²) in [7, 11) is -1.67. The molecule has 0 radical (unpaired) electrons. The Morgan fingerprint density at radius 3 is 2.75 bits per heavy atom. The van der Waals surface area contributed by atoms with E-state index >= 15 is 0 Å². The van der Waals surface area contributed by atoms with Crippen LogP contribution in [0.25, 0.3) is 6.08 Å². The lowest BCUT2D eigenvalue weighted by Crippen LogP contribution is -2.12. The van der Waals surface area contributed by atoms with Crippen LogP contribution in [0.4, 0.5) is 0 Å². The lowest BCUT2D eigenvalue weighted by molar-refractivity contribution is 0.138. The highest BCUT2D eigenvalue weighted by Crippen LogP contribution is 2.51. The van der Waals surface area contributed by atoms with Crippen molar-refractivity contribution in [3.63, 3.8) is 0 Å². The van der Waals surface area contributed by atoms with Gasteiger partial charge in [-0.1, -0.05) is 34.9 Å². The highest BCUT2D eigenvalue weighted by atomic mass is 35.5. The van der Waals surface area contributed by atoms with Gasteiger partial charge in [0, 0.05) is 6.42 Å². The Balaban J connectivity index is 2.05. The summed E-state index contributed by atoms with van der Waals surface area (Å²) < 4.78 is 17.3. The zero-order valence-electron chi connectivity index (χ0n) is 8.80. The number of hydrogen-bond donors (Lipinski definition) is 0. The van der Waals surface area contributed by atoms with Gasteiger partial charge in [-0.3, -0.25) is 0 Å². The first kappa shape index (κ1) is 11.8. The van der Waals surface area contributed by atoms with Crippen molar-refractivity contribution in [3.05, 3.63) is 41.7 Å². The van der Waals surface area contributed by atoms with E-state index in [1.165, 1.54) is 0 Å². The topological polar surface area (TPSA) is 26.3 Å². The maximum atomic E-state index is 11.9. The number of ether oxygens (including phenoxy) is 1. The molecular formula is C12H13ClO2P+. The molecular weight excluding hydrogens is 243 g/mol. The van der Waals surface area contributed by atoms with E-state index in [0.717, 1.165) is 12.0 Å². The van der Waals surface area contributed by atoms with Crippen LogP contribution in [-0.2, 0) is 9.30 Å². The molecule has 1 aromatic rings. The van der Waals surface area contributed by atoms with Crippen molar-refractivity contribution in [1.82, 2.24) is 0 Å². The molecule has 1 aliphatic rings. The van der Waals surface area contributed by atoms with Gasteiger partial charge in [0.2, 0.25) is 0 Å². The van der Waals surface area contributed by atoms with Gasteiger partial charge >= 0.3 is 12.6 Å². The first-order valence-corrected chi connectivity index (χ1v) is 6.94. The summed E-state index contributed by atoms with van der Waals surface area (Å²) in [6, 6.07) is 9.73. The van der Waals surface area contributed by atoms with Crippen LogP contribution in [0.3, 0.4) is 0 Å². The molecule has 0 amide bonds. The zero-order valence-corrected chi connectivity index (χ0v) is 10.5. The second-order valence-electron chi connectivity index (χ2n) is 3.69. The SMILES string of the molecule is O=[P+](C=Cc1ccccc1)C1(Cl)CCCO1. The monoisotopic (exact) mass is 255 g/mol. The van der Waals surface area contributed by atoms with Gasteiger partial charge in [-0.2, -0.15) is 0 Å². The molecule has 0 bridgehead atoms. The Morgan fingerprint density at radius 2 is 2.12 bits per heavy atom. The van der Waals surface area contributed by atoms with Crippen molar-refractivity contribution < 1.29 is 9.30 Å². The van der Waals surface area contributed by atoms with Crippen molar-refractivity contribution in [2.75, 3.05) is 6.61 Å². The summed E-state index contributed by atoms with van der Waals surface area (Å²) in [5, 5.41) is 0. The van der Waals surface area contributed by atoms with Crippen molar-refractivity contribution in [3.8, 4) is 0 Å². The predicted molar refractivity (Wildman–Crippen MR) is 66.9 cm³/mol. The van der Waals surface area contributed by atoms with Gasteiger partial charge in [-0.25, -0.2) is 0 Å². The number of hydrogen-bond acceptors (Lipinski definition) is 2. The third-order valence-corrected chi connectivity index (χ3v) is 4.71. The van der Waals surface area contributed by atoms with Crippen LogP contribution in [0.2, 0.25) is 0 Å². The number of alkyl halides is 1. The third kappa shape index (κ3) is 2.70. The van der Waals surface area contributed by atoms with Gasteiger partial charge in [-0.05, 0) is 29.7 Å². The number of halogens is 1. The lowest BCUT2D eigenvalue weighted by Gasteiger charge is -2.04. The minimum atomic E-state index is -1.67. The molecule has 0 spiro atoms. The fourth-order valence-electron chi connectivity index (χ4n) is 1.59. The Labute approximate surface area is 101 Å². The summed E-state index contributed by atoms with van der Waals surface area (Å²) in [6.07, 6.45) is 3.36. The summed E-state index contributed by atoms with van der Waals surface area (Å²) >= 11 is 6.13. The van der Waals surface area contributed by atoms with Crippen LogP contribution in [0.5, 0.6) is 0 Å². The quantitative estimate of drug-likeness (QED) is 0.598. The second-order valence-corrected chi connectivity index (χ2v) is 6.24. The van der Waals surface area contributed by atoms with Gasteiger partial charge in [-0.15, -0.1) is 0 Å². The molecule has 2 unspecified atom stereocenters. The Kier molecular flexibility index (Phi) is 3.75. The molecule has 0 N–H and O–H groups in total. The van der Waals surface area contributed by atoms with E-state index in [0.29, 0.717) is 13.0 Å². The Hall–Kier alpha value is -0.690.